The van der Waals surface area contributed by atoms with E-state index in [1.165, 1.54) is 0 Å². The molecular weight excluding hydrogens is 136 g/mol. The number of rotatable bonds is 1. The van der Waals surface area contributed by atoms with Gasteiger partial charge in [0.2, 0.25) is 0 Å². The van der Waals surface area contributed by atoms with Crippen molar-refractivity contribution >= 4 is 0 Å². The third kappa shape index (κ3) is 1.83. The van der Waals surface area contributed by atoms with Gasteiger partial charge in [0.15, 0.2) is 0 Å². The van der Waals surface area contributed by atoms with Gasteiger partial charge in [0.05, 0.1) is 0 Å². The number of terminal acetylenes is 1. The van der Waals surface area contributed by atoms with Gasteiger partial charge in [0.25, 0.3) is 0 Å². The van der Waals surface area contributed by atoms with Crippen LogP contribution in [0.1, 0.15) is 17.2 Å². The van der Waals surface area contributed by atoms with E-state index in [0.29, 0.717) is 0 Å². The third-order valence-electron chi connectivity index (χ3n) is 1.55. The quantitative estimate of drug-likeness (QED) is 0.597. The number of aryl methyl sites for hydroxylation is 1. The highest BCUT2D eigenvalue weighted by molar-refractivity contribution is 5.26. The molecule has 1 nitrogen and oxygen atoms in total. The molecule has 0 heterocycles. The fourth-order valence-electron chi connectivity index (χ4n) is 0.845. The highest BCUT2D eigenvalue weighted by atomic mass is 16.3. The molecular formula is C10H10O. The monoisotopic (exact) mass is 146 g/mol. The van der Waals surface area contributed by atoms with Gasteiger partial charge in [-0.2, -0.15) is 0 Å². The minimum atomic E-state index is -0.768. The fourth-order valence-corrected chi connectivity index (χ4v) is 0.845. The zero-order chi connectivity index (χ0) is 8.27. The summed E-state index contributed by atoms with van der Waals surface area (Å²) in [5.41, 5.74) is 1.94. The van der Waals surface area contributed by atoms with Crippen molar-refractivity contribution in [2.45, 2.75) is 13.0 Å². The fraction of sp³-hybridized carbons (Fsp3) is 0.200. The molecule has 1 aromatic carbocycles. The summed E-state index contributed by atoms with van der Waals surface area (Å²) in [6.45, 7) is 1.99. The van der Waals surface area contributed by atoms with Gasteiger partial charge in [-0.3, -0.25) is 0 Å². The van der Waals surface area contributed by atoms with Crippen LogP contribution in [0.15, 0.2) is 24.3 Å². The molecule has 0 aliphatic rings. The summed E-state index contributed by atoms with van der Waals surface area (Å²) in [6, 6.07) is 7.52. The lowest BCUT2D eigenvalue weighted by Crippen LogP contribution is -1.92. The predicted octanol–water partition coefficient (Wildman–Crippen LogP) is 1.66. The molecule has 1 rings (SSSR count). The Morgan fingerprint density at radius 1 is 1.36 bits per heavy atom. The van der Waals surface area contributed by atoms with E-state index in [1.54, 1.807) is 0 Å². The molecule has 11 heavy (non-hydrogen) atoms. The van der Waals surface area contributed by atoms with Crippen LogP contribution in [0.4, 0.5) is 0 Å². The van der Waals surface area contributed by atoms with E-state index in [2.05, 4.69) is 5.92 Å². The Balaban J connectivity index is 2.92. The van der Waals surface area contributed by atoms with Crippen molar-refractivity contribution in [3.05, 3.63) is 35.4 Å². The van der Waals surface area contributed by atoms with E-state index < -0.39 is 6.10 Å². The van der Waals surface area contributed by atoms with Crippen molar-refractivity contribution < 1.29 is 5.11 Å². The van der Waals surface area contributed by atoms with Crippen molar-refractivity contribution in [3.8, 4) is 12.3 Å². The minimum Gasteiger partial charge on any atom is -0.376 e. The van der Waals surface area contributed by atoms with Gasteiger partial charge in [-0.25, -0.2) is 0 Å². The second kappa shape index (κ2) is 3.23. The van der Waals surface area contributed by atoms with Gasteiger partial charge in [0, 0.05) is 0 Å². The molecule has 0 radical (unpaired) electrons. The molecule has 1 aromatic rings. The van der Waals surface area contributed by atoms with Gasteiger partial charge in [-0.15, -0.1) is 6.42 Å². The molecule has 1 atom stereocenters. The molecule has 0 unspecified atom stereocenters. The Bertz CT molecular complexity index is 266. The van der Waals surface area contributed by atoms with Crippen LogP contribution in [0.2, 0.25) is 0 Å². The van der Waals surface area contributed by atoms with Gasteiger partial charge in [0.1, 0.15) is 6.10 Å². The Kier molecular flexibility index (Phi) is 2.30. The summed E-state index contributed by atoms with van der Waals surface area (Å²) in [5, 5.41) is 9.18. The average Bonchev–Trinajstić information content (AvgIpc) is 2.05. The van der Waals surface area contributed by atoms with Crippen LogP contribution in [0.25, 0.3) is 0 Å². The number of hydrogen-bond donors (Lipinski definition) is 1. The number of aliphatic hydroxyl groups is 1. The molecule has 0 aliphatic carbocycles. The van der Waals surface area contributed by atoms with Crippen molar-refractivity contribution in [2.24, 2.45) is 0 Å². The largest absolute Gasteiger partial charge is 0.376 e. The van der Waals surface area contributed by atoms with Gasteiger partial charge >= 0.3 is 0 Å². The zero-order valence-electron chi connectivity index (χ0n) is 6.41. The predicted molar refractivity (Wildman–Crippen MR) is 45.0 cm³/mol. The van der Waals surface area contributed by atoms with Crippen LogP contribution in [-0.4, -0.2) is 5.11 Å². The van der Waals surface area contributed by atoms with E-state index in [0.717, 1.165) is 11.1 Å². The zero-order valence-corrected chi connectivity index (χ0v) is 6.41. The van der Waals surface area contributed by atoms with E-state index in [4.69, 9.17) is 6.42 Å². The summed E-state index contributed by atoms with van der Waals surface area (Å²) >= 11 is 0. The SMILES string of the molecule is C#C[C@H](O)c1ccc(C)cc1. The lowest BCUT2D eigenvalue weighted by molar-refractivity contribution is 0.238. The number of benzene rings is 1. The molecule has 0 aromatic heterocycles. The first-order valence-electron chi connectivity index (χ1n) is 3.45. The Morgan fingerprint density at radius 2 is 1.91 bits per heavy atom. The Labute approximate surface area is 66.7 Å². The molecule has 0 saturated heterocycles. The van der Waals surface area contributed by atoms with Crippen LogP contribution < -0.4 is 0 Å². The smallest absolute Gasteiger partial charge is 0.139 e. The topological polar surface area (TPSA) is 20.2 Å². The molecule has 0 bridgehead atoms. The summed E-state index contributed by atoms with van der Waals surface area (Å²) in [4.78, 5) is 0. The first kappa shape index (κ1) is 7.84. The van der Waals surface area contributed by atoms with Crippen molar-refractivity contribution in [1.82, 2.24) is 0 Å². The lowest BCUT2D eigenvalue weighted by atomic mass is 10.1. The molecule has 56 valence electrons. The van der Waals surface area contributed by atoms with Gasteiger partial charge in [-0.1, -0.05) is 35.7 Å². The van der Waals surface area contributed by atoms with E-state index in [-0.39, 0.29) is 0 Å². The van der Waals surface area contributed by atoms with Crippen LogP contribution in [0.5, 0.6) is 0 Å². The molecule has 0 fully saturated rings. The molecule has 0 aliphatic heterocycles. The Morgan fingerprint density at radius 3 is 2.36 bits per heavy atom. The van der Waals surface area contributed by atoms with E-state index in [1.807, 2.05) is 31.2 Å². The minimum absolute atomic E-state index is 0.768. The average molecular weight is 146 g/mol. The lowest BCUT2D eigenvalue weighted by Gasteiger charge is -2.02. The maximum absolute atomic E-state index is 9.18. The molecule has 0 saturated carbocycles. The second-order valence-electron chi connectivity index (χ2n) is 2.48. The number of hydrogen-bond acceptors (Lipinski definition) is 1. The Hall–Kier alpha value is -1.26. The van der Waals surface area contributed by atoms with E-state index >= 15 is 0 Å². The summed E-state index contributed by atoms with van der Waals surface area (Å²) in [7, 11) is 0. The van der Waals surface area contributed by atoms with Crippen molar-refractivity contribution in [1.29, 1.82) is 0 Å². The second-order valence-corrected chi connectivity index (χ2v) is 2.48. The van der Waals surface area contributed by atoms with E-state index in [9.17, 15) is 5.11 Å². The highest BCUT2D eigenvalue weighted by Crippen LogP contribution is 2.11. The van der Waals surface area contributed by atoms with Gasteiger partial charge in [-0.05, 0) is 12.5 Å². The van der Waals surface area contributed by atoms with Crippen LogP contribution in [-0.2, 0) is 0 Å². The first-order valence-corrected chi connectivity index (χ1v) is 3.45. The van der Waals surface area contributed by atoms with Crippen LogP contribution in [0, 0.1) is 19.3 Å². The van der Waals surface area contributed by atoms with Crippen molar-refractivity contribution in [3.63, 3.8) is 0 Å². The standard InChI is InChI=1S/C10H10O/c1-3-10(11)9-6-4-8(2)5-7-9/h1,4-7,10-11H,2H3/t10-/m0/s1. The number of aliphatic hydroxyl groups excluding tert-OH is 1. The summed E-state index contributed by atoms with van der Waals surface area (Å²) in [6.07, 6.45) is 4.27. The van der Waals surface area contributed by atoms with Gasteiger partial charge < -0.3 is 5.11 Å². The maximum Gasteiger partial charge on any atom is 0.139 e. The van der Waals surface area contributed by atoms with Crippen molar-refractivity contribution in [2.75, 3.05) is 0 Å². The maximum atomic E-state index is 9.18. The van der Waals surface area contributed by atoms with Crippen LogP contribution in [0.3, 0.4) is 0 Å². The molecule has 0 amide bonds. The summed E-state index contributed by atoms with van der Waals surface area (Å²) in [5.74, 6) is 2.26. The first-order chi connectivity index (χ1) is 5.24. The third-order valence-corrected chi connectivity index (χ3v) is 1.55. The molecule has 0 spiro atoms. The van der Waals surface area contributed by atoms with Crippen LogP contribution >= 0.6 is 0 Å². The normalized spacial score (nSPS) is 12.1. The molecule has 1 N–H and O–H groups in total. The molecule has 1 heteroatoms. The highest BCUT2D eigenvalue weighted by Gasteiger charge is 2.00. The summed E-state index contributed by atoms with van der Waals surface area (Å²) < 4.78 is 0.